The number of nitrogens with one attached hydrogen (secondary N) is 1. The second kappa shape index (κ2) is 17.3. The molecule has 5 rings (SSSR count). The molecule has 1 heterocycles. The van der Waals surface area contributed by atoms with Gasteiger partial charge < -0.3 is 28.4 Å². The number of rotatable bonds is 14. The largest absolute Gasteiger partial charge is 0.445 e. The summed E-state index contributed by atoms with van der Waals surface area (Å²) in [5, 5.41) is 8.37. The minimum atomic E-state index is -2.12. The molecule has 0 radical (unpaired) electrons. The van der Waals surface area contributed by atoms with E-state index in [1.54, 1.807) is 0 Å². The van der Waals surface area contributed by atoms with Crippen molar-refractivity contribution in [2.45, 2.75) is 60.9 Å². The molecule has 10 heteroatoms. The van der Waals surface area contributed by atoms with Gasteiger partial charge in [0.05, 0.1) is 33.0 Å². The molecule has 7 nitrogen and oxygen atoms in total. The van der Waals surface area contributed by atoms with Crippen LogP contribution in [0.15, 0.2) is 121 Å². The first kappa shape index (κ1) is 34.4. The van der Waals surface area contributed by atoms with Crippen LogP contribution in [-0.4, -0.2) is 47.0 Å². The predicted molar refractivity (Wildman–Crippen MR) is 179 cm³/mol. The summed E-state index contributed by atoms with van der Waals surface area (Å²) in [5.41, 5.74) is 3.87. The van der Waals surface area contributed by atoms with Gasteiger partial charge in [-0.1, -0.05) is 156 Å². The summed E-state index contributed by atoms with van der Waals surface area (Å²) in [7, 11) is 0. The van der Waals surface area contributed by atoms with E-state index in [1.807, 2.05) is 121 Å². The Morgan fingerprint density at radius 1 is 0.565 bits per heavy atom. The Morgan fingerprint density at radius 2 is 0.957 bits per heavy atom. The second-order valence-electron chi connectivity index (χ2n) is 10.8. The number of hydrogen-bond acceptors (Lipinski definition) is 7. The summed E-state index contributed by atoms with van der Waals surface area (Å²) in [6, 6.07) is 39.2. The number of hydrogen-bond donors (Lipinski definition) is 1. The van der Waals surface area contributed by atoms with E-state index in [2.05, 4.69) is 0 Å². The van der Waals surface area contributed by atoms with Crippen LogP contribution < -0.4 is 0 Å². The molecule has 1 saturated heterocycles. The summed E-state index contributed by atoms with van der Waals surface area (Å²) in [4.78, 5) is 0. The molecule has 1 aliphatic heterocycles. The lowest BCUT2D eigenvalue weighted by Crippen LogP contribution is -2.62. The van der Waals surface area contributed by atoms with E-state index in [0.717, 1.165) is 22.3 Å². The third-order valence-electron chi connectivity index (χ3n) is 7.33. The van der Waals surface area contributed by atoms with Gasteiger partial charge in [-0.05, 0) is 22.3 Å². The molecule has 242 valence electrons. The molecule has 3 unspecified atom stereocenters. The zero-order valence-corrected chi connectivity index (χ0v) is 27.3. The molecular formula is C36H36Cl3NO6. The molecule has 1 N–H and O–H groups in total. The smallest absolute Gasteiger partial charge is 0.265 e. The first-order valence-corrected chi connectivity index (χ1v) is 16.1. The fourth-order valence-corrected chi connectivity index (χ4v) is 5.16. The average Bonchev–Trinajstić information content (AvgIpc) is 3.07. The maximum Gasteiger partial charge on any atom is 0.265 e. The minimum Gasteiger partial charge on any atom is -0.445 e. The Hall–Kier alpha value is -2.98. The summed E-state index contributed by atoms with van der Waals surface area (Å²) < 4.78 is 36.1. The third-order valence-corrected chi connectivity index (χ3v) is 7.85. The van der Waals surface area contributed by atoms with Crippen LogP contribution in [0, 0.1) is 5.41 Å². The van der Waals surface area contributed by atoms with E-state index in [4.69, 9.17) is 68.6 Å². The van der Waals surface area contributed by atoms with Crippen LogP contribution in [0.1, 0.15) is 22.3 Å². The zero-order chi connectivity index (χ0) is 32.2. The van der Waals surface area contributed by atoms with Crippen molar-refractivity contribution in [1.29, 1.82) is 5.41 Å². The van der Waals surface area contributed by atoms with Crippen molar-refractivity contribution in [3.8, 4) is 0 Å². The number of ether oxygens (including phenoxy) is 6. The van der Waals surface area contributed by atoms with Gasteiger partial charge >= 0.3 is 0 Å². The van der Waals surface area contributed by atoms with Crippen molar-refractivity contribution in [3.63, 3.8) is 0 Å². The maximum absolute atomic E-state index is 8.37. The summed E-state index contributed by atoms with van der Waals surface area (Å²) in [5.74, 6) is -0.606. The van der Waals surface area contributed by atoms with Crippen LogP contribution >= 0.6 is 34.8 Å². The van der Waals surface area contributed by atoms with Crippen LogP contribution in [0.4, 0.5) is 0 Å². The zero-order valence-electron chi connectivity index (χ0n) is 25.1. The highest BCUT2D eigenvalue weighted by Crippen LogP contribution is 2.34. The summed E-state index contributed by atoms with van der Waals surface area (Å²) in [6.07, 6.45) is -4.17. The van der Waals surface area contributed by atoms with Crippen molar-refractivity contribution in [1.82, 2.24) is 0 Å². The van der Waals surface area contributed by atoms with Gasteiger partial charge in [0, 0.05) is 0 Å². The molecule has 4 aromatic carbocycles. The SMILES string of the molecule is N=C(O[C@@H]1OC(COCc2ccccc2)[C@H](OCc2ccccc2)C(OCc2ccccc2)C1OCc1ccccc1)C(Cl)(Cl)Cl. The van der Waals surface area contributed by atoms with Gasteiger partial charge in [-0.15, -0.1) is 0 Å². The Bertz CT molecular complexity index is 1460. The molecule has 0 bridgehead atoms. The lowest BCUT2D eigenvalue weighted by molar-refractivity contribution is -0.313. The van der Waals surface area contributed by atoms with Crippen molar-refractivity contribution >= 4 is 40.7 Å². The van der Waals surface area contributed by atoms with E-state index < -0.39 is 40.4 Å². The van der Waals surface area contributed by atoms with Gasteiger partial charge in [-0.25, -0.2) is 0 Å². The van der Waals surface area contributed by atoms with Gasteiger partial charge in [0.1, 0.15) is 24.4 Å². The van der Waals surface area contributed by atoms with E-state index in [1.165, 1.54) is 0 Å². The Balaban J connectivity index is 1.46. The maximum atomic E-state index is 8.37. The summed E-state index contributed by atoms with van der Waals surface area (Å²) in [6.45, 7) is 1.24. The van der Waals surface area contributed by atoms with Gasteiger partial charge in [0.15, 0.2) is 0 Å². The molecule has 0 spiro atoms. The molecule has 5 atom stereocenters. The number of halogens is 3. The quantitative estimate of drug-likeness (QED) is 0.0823. The van der Waals surface area contributed by atoms with Crippen LogP contribution in [-0.2, 0) is 54.8 Å². The molecule has 4 aromatic rings. The first-order chi connectivity index (χ1) is 22.4. The van der Waals surface area contributed by atoms with E-state index in [-0.39, 0.29) is 26.4 Å². The monoisotopic (exact) mass is 683 g/mol. The molecule has 1 aliphatic rings. The van der Waals surface area contributed by atoms with Crippen molar-refractivity contribution in [3.05, 3.63) is 144 Å². The summed E-state index contributed by atoms with van der Waals surface area (Å²) >= 11 is 18.1. The first-order valence-electron chi connectivity index (χ1n) is 14.9. The molecule has 0 aliphatic carbocycles. The normalized spacial score (nSPS) is 21.5. The average molecular weight is 685 g/mol. The van der Waals surface area contributed by atoms with Crippen LogP contribution in [0.3, 0.4) is 0 Å². The Kier molecular flexibility index (Phi) is 12.9. The van der Waals surface area contributed by atoms with E-state index in [9.17, 15) is 0 Å². The van der Waals surface area contributed by atoms with E-state index in [0.29, 0.717) is 6.61 Å². The molecule has 46 heavy (non-hydrogen) atoms. The Morgan fingerprint density at radius 3 is 1.39 bits per heavy atom. The number of benzene rings is 4. The Labute approximate surface area is 284 Å². The lowest BCUT2D eigenvalue weighted by Gasteiger charge is -2.46. The molecule has 1 fully saturated rings. The molecule has 0 saturated carbocycles. The lowest BCUT2D eigenvalue weighted by atomic mass is 9.97. The standard InChI is InChI=1S/C36H36Cl3NO6/c37-36(38,39)35(40)46-34-33(44-24-29-19-11-4-12-20-29)32(43-23-28-17-9-3-10-18-28)31(42-22-27-15-7-2-8-16-27)30(45-34)25-41-21-26-13-5-1-6-14-26/h1-20,30-34,40H,21-25H2/t30?,31-,32?,33?,34-/m0/s1. The second-order valence-corrected chi connectivity index (χ2v) is 13.1. The van der Waals surface area contributed by atoms with Gasteiger partial charge in [-0.2, -0.15) is 0 Å². The van der Waals surface area contributed by atoms with Gasteiger partial charge in [0.25, 0.3) is 3.79 Å². The highest BCUT2D eigenvalue weighted by Gasteiger charge is 2.51. The fourth-order valence-electron chi connectivity index (χ4n) is 5.02. The minimum absolute atomic E-state index is 0.131. The van der Waals surface area contributed by atoms with Gasteiger partial charge in [-0.3, -0.25) is 5.41 Å². The van der Waals surface area contributed by atoms with Crippen molar-refractivity contribution < 1.29 is 28.4 Å². The molecule has 0 aromatic heterocycles. The van der Waals surface area contributed by atoms with Gasteiger partial charge in [0.2, 0.25) is 12.2 Å². The van der Waals surface area contributed by atoms with Crippen LogP contribution in [0.5, 0.6) is 0 Å². The highest BCUT2D eigenvalue weighted by atomic mass is 35.6. The van der Waals surface area contributed by atoms with Crippen molar-refractivity contribution in [2.75, 3.05) is 6.61 Å². The number of alkyl halides is 3. The van der Waals surface area contributed by atoms with E-state index >= 15 is 0 Å². The van der Waals surface area contributed by atoms with Crippen LogP contribution in [0.25, 0.3) is 0 Å². The third kappa shape index (κ3) is 10.3. The predicted octanol–water partition coefficient (Wildman–Crippen LogP) is 8.05. The topological polar surface area (TPSA) is 79.2 Å². The molecular weight excluding hydrogens is 649 g/mol. The highest BCUT2D eigenvalue weighted by molar-refractivity contribution is 6.76. The van der Waals surface area contributed by atoms with Crippen LogP contribution in [0.2, 0.25) is 0 Å². The molecule has 0 amide bonds. The fraction of sp³-hybridized carbons (Fsp3) is 0.306. The van der Waals surface area contributed by atoms with Crippen molar-refractivity contribution in [2.24, 2.45) is 0 Å².